The van der Waals surface area contributed by atoms with Crippen molar-refractivity contribution in [2.24, 2.45) is 0 Å². The molecule has 1 aromatic heterocycles. The molecule has 0 aromatic carbocycles. The van der Waals surface area contributed by atoms with Crippen LogP contribution in [0.4, 0.5) is 0 Å². The molecular formula is C12H15NO. The van der Waals surface area contributed by atoms with Crippen molar-refractivity contribution < 1.29 is 4.74 Å². The van der Waals surface area contributed by atoms with Crippen LogP contribution in [0.5, 0.6) is 5.88 Å². The first-order valence-corrected chi connectivity index (χ1v) is 5.06. The Morgan fingerprint density at radius 3 is 3.14 bits per heavy atom. The van der Waals surface area contributed by atoms with Gasteiger partial charge in [-0.2, -0.15) is 0 Å². The van der Waals surface area contributed by atoms with E-state index in [1.54, 1.807) is 13.3 Å². The van der Waals surface area contributed by atoms with Crippen LogP contribution in [0.25, 0.3) is 0 Å². The van der Waals surface area contributed by atoms with E-state index in [1.807, 2.05) is 6.07 Å². The van der Waals surface area contributed by atoms with Crippen LogP contribution in [0.2, 0.25) is 0 Å². The molecular weight excluding hydrogens is 174 g/mol. The van der Waals surface area contributed by atoms with Gasteiger partial charge < -0.3 is 4.74 Å². The molecule has 0 saturated carbocycles. The van der Waals surface area contributed by atoms with Crippen molar-refractivity contribution >= 4 is 0 Å². The maximum Gasteiger partial charge on any atom is 0.216 e. The van der Waals surface area contributed by atoms with Gasteiger partial charge in [-0.25, -0.2) is 4.98 Å². The predicted octanol–water partition coefficient (Wildman–Crippen LogP) is 2.74. The second kappa shape index (κ2) is 4.27. The van der Waals surface area contributed by atoms with Crippen LogP contribution < -0.4 is 4.74 Å². The van der Waals surface area contributed by atoms with Gasteiger partial charge in [-0.05, 0) is 31.7 Å². The summed E-state index contributed by atoms with van der Waals surface area (Å²) in [4.78, 5) is 4.19. The first kappa shape index (κ1) is 9.25. The largest absolute Gasteiger partial charge is 0.481 e. The third-order valence-electron chi connectivity index (χ3n) is 2.60. The number of pyridine rings is 1. The fraction of sp³-hybridized carbons (Fsp3) is 0.417. The number of aromatic nitrogens is 1. The molecule has 0 unspecified atom stereocenters. The van der Waals surface area contributed by atoms with Crippen molar-refractivity contribution in [2.45, 2.75) is 25.7 Å². The SMILES string of the molecule is COc1ncccc1CC1=CCCC1. The van der Waals surface area contributed by atoms with E-state index in [4.69, 9.17) is 4.74 Å². The lowest BCUT2D eigenvalue weighted by Crippen LogP contribution is -1.95. The van der Waals surface area contributed by atoms with Gasteiger partial charge in [0.15, 0.2) is 0 Å². The summed E-state index contributed by atoms with van der Waals surface area (Å²) in [5, 5.41) is 0. The second-order valence-electron chi connectivity index (χ2n) is 3.60. The van der Waals surface area contributed by atoms with Crippen molar-refractivity contribution in [3.8, 4) is 5.88 Å². The molecule has 0 fully saturated rings. The lowest BCUT2D eigenvalue weighted by Gasteiger charge is -2.06. The van der Waals surface area contributed by atoms with Crippen molar-refractivity contribution in [3.63, 3.8) is 0 Å². The Balaban J connectivity index is 2.15. The highest BCUT2D eigenvalue weighted by Crippen LogP contribution is 2.24. The summed E-state index contributed by atoms with van der Waals surface area (Å²) >= 11 is 0. The minimum Gasteiger partial charge on any atom is -0.481 e. The highest BCUT2D eigenvalue weighted by Gasteiger charge is 2.09. The molecule has 0 radical (unpaired) electrons. The number of methoxy groups -OCH3 is 1. The van der Waals surface area contributed by atoms with Crippen molar-refractivity contribution in [1.29, 1.82) is 0 Å². The molecule has 0 spiro atoms. The van der Waals surface area contributed by atoms with Gasteiger partial charge in [-0.1, -0.05) is 17.7 Å². The van der Waals surface area contributed by atoms with E-state index in [1.165, 1.54) is 30.4 Å². The Morgan fingerprint density at radius 1 is 1.50 bits per heavy atom. The van der Waals surface area contributed by atoms with E-state index in [9.17, 15) is 0 Å². The second-order valence-corrected chi connectivity index (χ2v) is 3.60. The summed E-state index contributed by atoms with van der Waals surface area (Å²) in [7, 11) is 1.68. The van der Waals surface area contributed by atoms with Crippen LogP contribution in [0, 0.1) is 0 Å². The van der Waals surface area contributed by atoms with Crippen LogP contribution >= 0.6 is 0 Å². The summed E-state index contributed by atoms with van der Waals surface area (Å²) in [6.45, 7) is 0. The van der Waals surface area contributed by atoms with E-state index < -0.39 is 0 Å². The summed E-state index contributed by atoms with van der Waals surface area (Å²) in [5.41, 5.74) is 2.72. The molecule has 0 N–H and O–H groups in total. The lowest BCUT2D eigenvalue weighted by molar-refractivity contribution is 0.393. The van der Waals surface area contributed by atoms with E-state index >= 15 is 0 Å². The fourth-order valence-corrected chi connectivity index (χ4v) is 1.89. The minimum absolute atomic E-state index is 0.764. The number of ether oxygens (including phenoxy) is 1. The smallest absolute Gasteiger partial charge is 0.216 e. The highest BCUT2D eigenvalue weighted by molar-refractivity contribution is 5.30. The molecule has 0 atom stereocenters. The lowest BCUT2D eigenvalue weighted by atomic mass is 10.1. The van der Waals surface area contributed by atoms with Gasteiger partial charge in [0, 0.05) is 11.8 Å². The molecule has 0 saturated heterocycles. The maximum absolute atomic E-state index is 5.22. The number of hydrogen-bond donors (Lipinski definition) is 0. The molecule has 2 rings (SSSR count). The molecule has 2 nitrogen and oxygen atoms in total. The van der Waals surface area contributed by atoms with Crippen molar-refractivity contribution in [2.75, 3.05) is 7.11 Å². The summed E-state index contributed by atoms with van der Waals surface area (Å²) in [5.74, 6) is 0.764. The van der Waals surface area contributed by atoms with Gasteiger partial charge >= 0.3 is 0 Å². The van der Waals surface area contributed by atoms with Crippen LogP contribution in [0.15, 0.2) is 30.0 Å². The van der Waals surface area contributed by atoms with Gasteiger partial charge in [0.05, 0.1) is 7.11 Å². The van der Waals surface area contributed by atoms with E-state index in [0.717, 1.165) is 12.3 Å². The number of hydrogen-bond acceptors (Lipinski definition) is 2. The van der Waals surface area contributed by atoms with Gasteiger partial charge in [-0.15, -0.1) is 0 Å². The zero-order valence-electron chi connectivity index (χ0n) is 8.49. The molecule has 2 heteroatoms. The molecule has 1 aliphatic carbocycles. The molecule has 0 amide bonds. The van der Waals surface area contributed by atoms with Gasteiger partial charge in [0.25, 0.3) is 0 Å². The molecule has 1 heterocycles. The van der Waals surface area contributed by atoms with Crippen molar-refractivity contribution in [3.05, 3.63) is 35.5 Å². The van der Waals surface area contributed by atoms with E-state index in [0.29, 0.717) is 0 Å². The van der Waals surface area contributed by atoms with Crippen LogP contribution in [-0.2, 0) is 6.42 Å². The fourth-order valence-electron chi connectivity index (χ4n) is 1.89. The molecule has 0 aliphatic heterocycles. The first-order valence-electron chi connectivity index (χ1n) is 5.06. The maximum atomic E-state index is 5.22. The van der Waals surface area contributed by atoms with E-state index in [-0.39, 0.29) is 0 Å². The third-order valence-corrected chi connectivity index (χ3v) is 2.60. The number of nitrogens with zero attached hydrogens (tertiary/aromatic N) is 1. The number of rotatable bonds is 3. The Labute approximate surface area is 84.6 Å². The van der Waals surface area contributed by atoms with Crippen LogP contribution in [0.3, 0.4) is 0 Å². The third kappa shape index (κ3) is 1.95. The normalized spacial score (nSPS) is 15.4. The Hall–Kier alpha value is -1.31. The zero-order chi connectivity index (χ0) is 9.80. The Kier molecular flexibility index (Phi) is 2.82. The average molecular weight is 189 g/mol. The number of allylic oxidation sites excluding steroid dienone is 2. The standard InChI is InChI=1S/C12H15NO/c1-14-12-11(7-4-8-13-12)9-10-5-2-3-6-10/h4-5,7-8H,2-3,6,9H2,1H3. The van der Waals surface area contributed by atoms with Crippen LogP contribution in [-0.4, -0.2) is 12.1 Å². The Bertz CT molecular complexity index is 344. The van der Waals surface area contributed by atoms with E-state index in [2.05, 4.69) is 17.1 Å². The summed E-state index contributed by atoms with van der Waals surface area (Å²) in [6.07, 6.45) is 8.88. The van der Waals surface area contributed by atoms with Gasteiger partial charge in [-0.3, -0.25) is 0 Å². The quantitative estimate of drug-likeness (QED) is 0.682. The topological polar surface area (TPSA) is 22.1 Å². The molecule has 1 aromatic rings. The zero-order valence-corrected chi connectivity index (χ0v) is 8.49. The monoisotopic (exact) mass is 189 g/mol. The Morgan fingerprint density at radius 2 is 2.43 bits per heavy atom. The minimum atomic E-state index is 0.764. The molecule has 74 valence electrons. The highest BCUT2D eigenvalue weighted by atomic mass is 16.5. The molecule has 0 bridgehead atoms. The average Bonchev–Trinajstić information content (AvgIpc) is 2.71. The van der Waals surface area contributed by atoms with Gasteiger partial charge in [0.2, 0.25) is 5.88 Å². The molecule has 1 aliphatic rings. The van der Waals surface area contributed by atoms with Gasteiger partial charge in [0.1, 0.15) is 0 Å². The summed E-state index contributed by atoms with van der Waals surface area (Å²) < 4.78 is 5.22. The summed E-state index contributed by atoms with van der Waals surface area (Å²) in [6, 6.07) is 4.05. The predicted molar refractivity (Wildman–Crippen MR) is 56.4 cm³/mol. The molecule has 14 heavy (non-hydrogen) atoms. The van der Waals surface area contributed by atoms with Crippen molar-refractivity contribution in [1.82, 2.24) is 4.98 Å². The first-order chi connectivity index (χ1) is 6.90. The van der Waals surface area contributed by atoms with Crippen LogP contribution in [0.1, 0.15) is 24.8 Å².